The molecule has 0 aliphatic heterocycles. The monoisotopic (exact) mass is 338 g/mol. The Morgan fingerprint density at radius 1 is 1.00 bits per heavy atom. The quantitative estimate of drug-likeness (QED) is 0.570. The van der Waals surface area contributed by atoms with Crippen LogP contribution in [0.2, 0.25) is 0 Å². The number of benzene rings is 1. The van der Waals surface area contributed by atoms with Crippen molar-refractivity contribution in [1.29, 1.82) is 0 Å². The van der Waals surface area contributed by atoms with Crippen LogP contribution in [0.1, 0.15) is 5.69 Å². The maximum Gasteiger partial charge on any atom is 0.234 e. The standard InChI is InChI=1S/C18H12F2N4O/c19-15-5-3-4-14(17(15)20)12-8-22-18-23-13(10-24(18)9-12)11-25-16-6-1-2-7-21-16/h1-10H,11H2. The van der Waals surface area contributed by atoms with Gasteiger partial charge in [-0.05, 0) is 12.1 Å². The van der Waals surface area contributed by atoms with Crippen molar-refractivity contribution in [3.63, 3.8) is 0 Å². The van der Waals surface area contributed by atoms with Gasteiger partial charge in [0, 0.05) is 42.0 Å². The number of hydrogen-bond donors (Lipinski definition) is 0. The molecular formula is C18H12F2N4O. The molecule has 124 valence electrons. The molecule has 0 saturated heterocycles. The van der Waals surface area contributed by atoms with Gasteiger partial charge >= 0.3 is 0 Å². The lowest BCUT2D eigenvalue weighted by Gasteiger charge is -2.04. The summed E-state index contributed by atoms with van der Waals surface area (Å²) in [5, 5.41) is 0. The molecule has 3 aromatic heterocycles. The van der Waals surface area contributed by atoms with Crippen molar-refractivity contribution in [3.8, 4) is 17.0 Å². The first-order chi connectivity index (χ1) is 12.2. The first-order valence-corrected chi connectivity index (χ1v) is 7.52. The topological polar surface area (TPSA) is 52.3 Å². The fourth-order valence-electron chi connectivity index (χ4n) is 2.45. The Balaban J connectivity index is 1.62. The Bertz CT molecular complexity index is 1030. The highest BCUT2D eigenvalue weighted by atomic mass is 19.2. The molecule has 0 radical (unpaired) electrons. The Hall–Kier alpha value is -3.35. The number of fused-ring (bicyclic) bond motifs is 1. The summed E-state index contributed by atoms with van der Waals surface area (Å²) in [5.41, 5.74) is 1.25. The fourth-order valence-corrected chi connectivity index (χ4v) is 2.45. The van der Waals surface area contributed by atoms with Crippen molar-refractivity contribution in [3.05, 3.63) is 78.5 Å². The van der Waals surface area contributed by atoms with Crippen molar-refractivity contribution in [2.24, 2.45) is 0 Å². The summed E-state index contributed by atoms with van der Waals surface area (Å²) in [7, 11) is 0. The first kappa shape index (κ1) is 15.2. The number of ether oxygens (including phenoxy) is 1. The van der Waals surface area contributed by atoms with Gasteiger partial charge in [-0.3, -0.25) is 4.40 Å². The van der Waals surface area contributed by atoms with Crippen molar-refractivity contribution in [2.45, 2.75) is 6.61 Å². The van der Waals surface area contributed by atoms with Crippen LogP contribution in [0.15, 0.2) is 61.2 Å². The van der Waals surface area contributed by atoms with Crippen LogP contribution in [0.25, 0.3) is 16.9 Å². The molecule has 5 nitrogen and oxygen atoms in total. The zero-order chi connectivity index (χ0) is 17.2. The van der Waals surface area contributed by atoms with E-state index in [2.05, 4.69) is 15.0 Å². The number of imidazole rings is 1. The molecule has 0 fully saturated rings. The average Bonchev–Trinajstić information content (AvgIpc) is 3.05. The van der Waals surface area contributed by atoms with E-state index in [0.29, 0.717) is 22.9 Å². The molecule has 4 rings (SSSR count). The van der Waals surface area contributed by atoms with Gasteiger partial charge in [-0.15, -0.1) is 0 Å². The van der Waals surface area contributed by atoms with E-state index < -0.39 is 11.6 Å². The number of nitrogens with zero attached hydrogens (tertiary/aromatic N) is 4. The van der Waals surface area contributed by atoms with Crippen LogP contribution in [0.3, 0.4) is 0 Å². The molecule has 25 heavy (non-hydrogen) atoms. The summed E-state index contributed by atoms with van der Waals surface area (Å²) in [6, 6.07) is 9.41. The summed E-state index contributed by atoms with van der Waals surface area (Å²) < 4.78 is 34.6. The Morgan fingerprint density at radius 3 is 2.76 bits per heavy atom. The van der Waals surface area contributed by atoms with Gasteiger partial charge in [-0.1, -0.05) is 18.2 Å². The number of halogens is 2. The molecular weight excluding hydrogens is 326 g/mol. The first-order valence-electron chi connectivity index (χ1n) is 7.52. The summed E-state index contributed by atoms with van der Waals surface area (Å²) >= 11 is 0. The van der Waals surface area contributed by atoms with Crippen molar-refractivity contribution >= 4 is 5.78 Å². The van der Waals surface area contributed by atoms with Crippen LogP contribution < -0.4 is 4.74 Å². The van der Waals surface area contributed by atoms with Gasteiger partial charge in [-0.2, -0.15) is 0 Å². The minimum Gasteiger partial charge on any atom is -0.471 e. The SMILES string of the molecule is Fc1cccc(-c2cnc3nc(COc4ccccn4)cn3c2)c1F. The molecule has 0 aliphatic carbocycles. The Kier molecular flexibility index (Phi) is 3.81. The molecule has 0 aliphatic rings. The van der Waals surface area contributed by atoms with Crippen LogP contribution in [-0.4, -0.2) is 19.4 Å². The molecule has 0 unspecified atom stereocenters. The molecule has 0 atom stereocenters. The van der Waals surface area contributed by atoms with Crippen molar-refractivity contribution in [2.75, 3.05) is 0 Å². The van der Waals surface area contributed by atoms with Gasteiger partial charge in [-0.25, -0.2) is 23.7 Å². The van der Waals surface area contributed by atoms with E-state index in [1.54, 1.807) is 35.1 Å². The summed E-state index contributed by atoms with van der Waals surface area (Å²) in [4.78, 5) is 12.6. The highest BCUT2D eigenvalue weighted by Gasteiger charge is 2.12. The second-order valence-electron chi connectivity index (χ2n) is 5.34. The number of pyridine rings is 1. The Morgan fingerprint density at radius 2 is 1.92 bits per heavy atom. The van der Waals surface area contributed by atoms with E-state index in [-0.39, 0.29) is 12.2 Å². The third-order valence-corrected chi connectivity index (χ3v) is 3.63. The van der Waals surface area contributed by atoms with Crippen molar-refractivity contribution in [1.82, 2.24) is 19.4 Å². The lowest BCUT2D eigenvalue weighted by Crippen LogP contribution is -1.96. The zero-order valence-electron chi connectivity index (χ0n) is 12.9. The molecule has 4 aromatic rings. The summed E-state index contributed by atoms with van der Waals surface area (Å²) in [6.45, 7) is 0.226. The number of hydrogen-bond acceptors (Lipinski definition) is 4. The second kappa shape index (κ2) is 6.27. The van der Waals surface area contributed by atoms with Crippen LogP contribution in [0, 0.1) is 11.6 Å². The lowest BCUT2D eigenvalue weighted by molar-refractivity contribution is 0.290. The lowest BCUT2D eigenvalue weighted by atomic mass is 10.1. The summed E-state index contributed by atoms with van der Waals surface area (Å²) in [5.74, 6) is -0.856. The predicted molar refractivity (Wildman–Crippen MR) is 86.9 cm³/mol. The van der Waals surface area contributed by atoms with E-state index in [0.717, 1.165) is 6.07 Å². The second-order valence-corrected chi connectivity index (χ2v) is 5.34. The third kappa shape index (κ3) is 3.03. The van der Waals surface area contributed by atoms with E-state index in [4.69, 9.17) is 4.74 Å². The molecule has 7 heteroatoms. The van der Waals surface area contributed by atoms with Gasteiger partial charge in [0.15, 0.2) is 11.6 Å². The molecule has 0 amide bonds. The highest BCUT2D eigenvalue weighted by Crippen LogP contribution is 2.24. The maximum atomic E-state index is 13.9. The molecule has 0 bridgehead atoms. The van der Waals surface area contributed by atoms with Crippen LogP contribution in [-0.2, 0) is 6.61 Å². The normalized spacial score (nSPS) is 11.0. The van der Waals surface area contributed by atoms with Crippen LogP contribution in [0.5, 0.6) is 5.88 Å². The largest absolute Gasteiger partial charge is 0.471 e. The molecule has 0 saturated carbocycles. The number of rotatable bonds is 4. The van der Waals surface area contributed by atoms with Crippen LogP contribution in [0.4, 0.5) is 8.78 Å². The maximum absolute atomic E-state index is 13.9. The molecule has 1 aromatic carbocycles. The van der Waals surface area contributed by atoms with Gasteiger partial charge in [0.25, 0.3) is 0 Å². The molecule has 0 N–H and O–H groups in total. The van der Waals surface area contributed by atoms with E-state index >= 15 is 0 Å². The molecule has 0 spiro atoms. The third-order valence-electron chi connectivity index (χ3n) is 3.63. The van der Waals surface area contributed by atoms with Crippen molar-refractivity contribution < 1.29 is 13.5 Å². The van der Waals surface area contributed by atoms with Gasteiger partial charge in [0.1, 0.15) is 6.61 Å². The predicted octanol–water partition coefficient (Wildman–Crippen LogP) is 3.65. The van der Waals surface area contributed by atoms with Gasteiger partial charge < -0.3 is 4.74 Å². The smallest absolute Gasteiger partial charge is 0.234 e. The van der Waals surface area contributed by atoms with Crippen LogP contribution >= 0.6 is 0 Å². The van der Waals surface area contributed by atoms with Gasteiger partial charge in [0.2, 0.25) is 11.7 Å². The summed E-state index contributed by atoms with van der Waals surface area (Å²) in [6.07, 6.45) is 6.48. The Labute approximate surface area is 141 Å². The molecule has 3 heterocycles. The van der Waals surface area contributed by atoms with E-state index in [1.165, 1.54) is 18.3 Å². The minimum atomic E-state index is -0.900. The number of aromatic nitrogens is 4. The fraction of sp³-hybridized carbons (Fsp3) is 0.0556. The average molecular weight is 338 g/mol. The van der Waals surface area contributed by atoms with E-state index in [1.807, 2.05) is 6.07 Å². The highest BCUT2D eigenvalue weighted by molar-refractivity contribution is 5.63. The van der Waals surface area contributed by atoms with E-state index in [9.17, 15) is 8.78 Å². The minimum absolute atomic E-state index is 0.148. The van der Waals surface area contributed by atoms with Gasteiger partial charge in [0.05, 0.1) is 5.69 Å². The zero-order valence-corrected chi connectivity index (χ0v) is 12.9.